The molecule has 0 unspecified atom stereocenters. The summed E-state index contributed by atoms with van der Waals surface area (Å²) in [7, 11) is 1.59. The molecule has 0 radical (unpaired) electrons. The van der Waals surface area contributed by atoms with Crippen LogP contribution in [0.4, 0.5) is 8.78 Å². The van der Waals surface area contributed by atoms with Crippen molar-refractivity contribution in [3.63, 3.8) is 0 Å². The van der Waals surface area contributed by atoms with E-state index in [1.165, 1.54) is 12.5 Å². The number of benzene rings is 1. The molecule has 0 bridgehead atoms. The van der Waals surface area contributed by atoms with Crippen molar-refractivity contribution in [1.82, 2.24) is 15.5 Å². The van der Waals surface area contributed by atoms with Gasteiger partial charge in [-0.15, -0.1) is 0 Å². The van der Waals surface area contributed by atoms with E-state index in [1.807, 2.05) is 4.90 Å². The predicted molar refractivity (Wildman–Crippen MR) is 91.7 cm³/mol. The van der Waals surface area contributed by atoms with Crippen molar-refractivity contribution in [3.8, 4) is 5.75 Å². The van der Waals surface area contributed by atoms with Gasteiger partial charge in [-0.2, -0.15) is 8.78 Å². The van der Waals surface area contributed by atoms with Gasteiger partial charge in [-0.1, -0.05) is 18.2 Å². The van der Waals surface area contributed by atoms with Gasteiger partial charge < -0.3 is 20.3 Å². The van der Waals surface area contributed by atoms with E-state index < -0.39 is 6.61 Å². The van der Waals surface area contributed by atoms with Crippen molar-refractivity contribution in [2.24, 2.45) is 4.99 Å². The van der Waals surface area contributed by atoms with Crippen LogP contribution in [0.1, 0.15) is 24.8 Å². The first-order valence-electron chi connectivity index (χ1n) is 8.35. The quantitative estimate of drug-likeness (QED) is 0.606. The number of aliphatic imine (C=N–C) groups is 1. The summed E-state index contributed by atoms with van der Waals surface area (Å²) in [5.74, 6) is 0.575. The lowest BCUT2D eigenvalue weighted by atomic mass is 10.1. The zero-order chi connectivity index (χ0) is 18.1. The number of halogens is 2. The maximum atomic E-state index is 12.4. The summed E-state index contributed by atoms with van der Waals surface area (Å²) in [5.41, 5.74) is 0.577. The van der Waals surface area contributed by atoms with Crippen molar-refractivity contribution < 1.29 is 18.3 Å². The first-order valence-corrected chi connectivity index (χ1v) is 8.35. The number of carbonyl (C=O) groups is 1. The average molecular weight is 354 g/mol. The van der Waals surface area contributed by atoms with Crippen LogP contribution < -0.4 is 15.4 Å². The van der Waals surface area contributed by atoms with Gasteiger partial charge in [0.1, 0.15) is 5.75 Å². The molecule has 1 fully saturated rings. The van der Waals surface area contributed by atoms with Crippen LogP contribution in [0.3, 0.4) is 0 Å². The number of hydrogen-bond acceptors (Lipinski definition) is 3. The number of hydrogen-bond donors (Lipinski definition) is 2. The van der Waals surface area contributed by atoms with E-state index in [0.717, 1.165) is 25.9 Å². The maximum Gasteiger partial charge on any atom is 0.387 e. The number of carbonyl (C=O) groups excluding carboxylic acids is 1. The summed E-state index contributed by atoms with van der Waals surface area (Å²) in [6.07, 6.45) is 3.25. The predicted octanol–water partition coefficient (Wildman–Crippen LogP) is 1.97. The minimum atomic E-state index is -2.87. The number of nitrogens with one attached hydrogen (secondary N) is 2. The zero-order valence-electron chi connectivity index (χ0n) is 14.3. The number of nitrogens with zero attached hydrogens (tertiary/aromatic N) is 2. The standard InChI is InChI=1S/C17H24F2N4O2/c1-20-17(22-12-15(24)23-9-5-2-6-10-23)21-11-13-7-3-4-8-14(13)25-16(18)19/h3-4,7-8,16H,2,5-6,9-12H2,1H3,(H2,20,21,22). The Balaban J connectivity index is 1.83. The molecule has 1 aromatic carbocycles. The van der Waals surface area contributed by atoms with Crippen LogP contribution in [0, 0.1) is 0 Å². The first kappa shape index (κ1) is 19.0. The third-order valence-electron chi connectivity index (χ3n) is 3.97. The molecule has 8 heteroatoms. The van der Waals surface area contributed by atoms with Crippen LogP contribution in [0.2, 0.25) is 0 Å². The summed E-state index contributed by atoms with van der Waals surface area (Å²) in [5, 5.41) is 5.96. The smallest absolute Gasteiger partial charge is 0.387 e. The summed E-state index contributed by atoms with van der Waals surface area (Å²) in [4.78, 5) is 18.0. The molecule has 2 rings (SSSR count). The summed E-state index contributed by atoms with van der Waals surface area (Å²) in [6, 6.07) is 6.55. The second kappa shape index (κ2) is 9.80. The summed E-state index contributed by atoms with van der Waals surface area (Å²) in [6.45, 7) is -0.883. The Bertz CT molecular complexity index is 590. The minimum absolute atomic E-state index is 0.0316. The highest BCUT2D eigenvalue weighted by molar-refractivity contribution is 5.86. The van der Waals surface area contributed by atoms with Crippen LogP contribution in [0.25, 0.3) is 0 Å². The lowest BCUT2D eigenvalue weighted by molar-refractivity contribution is -0.130. The molecule has 1 saturated heterocycles. The van der Waals surface area contributed by atoms with E-state index in [-0.39, 0.29) is 24.7 Å². The second-order valence-electron chi connectivity index (χ2n) is 5.71. The van der Waals surface area contributed by atoms with Crippen molar-refractivity contribution in [1.29, 1.82) is 0 Å². The molecule has 6 nitrogen and oxygen atoms in total. The molecule has 1 amide bonds. The third kappa shape index (κ3) is 6.21. The number of amides is 1. The number of ether oxygens (including phenoxy) is 1. The Morgan fingerprint density at radius 1 is 1.24 bits per heavy atom. The van der Waals surface area contributed by atoms with E-state index >= 15 is 0 Å². The van der Waals surface area contributed by atoms with Gasteiger partial charge in [-0.05, 0) is 25.3 Å². The Kier molecular flexibility index (Phi) is 7.43. The van der Waals surface area contributed by atoms with E-state index in [2.05, 4.69) is 20.4 Å². The second-order valence-corrected chi connectivity index (χ2v) is 5.71. The Morgan fingerprint density at radius 3 is 2.64 bits per heavy atom. The van der Waals surface area contributed by atoms with Crippen LogP contribution in [0.15, 0.2) is 29.3 Å². The van der Waals surface area contributed by atoms with E-state index in [9.17, 15) is 13.6 Å². The van der Waals surface area contributed by atoms with Gasteiger partial charge in [0.2, 0.25) is 5.91 Å². The van der Waals surface area contributed by atoms with Gasteiger partial charge >= 0.3 is 6.61 Å². The fourth-order valence-corrected chi connectivity index (χ4v) is 2.67. The molecule has 1 aliphatic heterocycles. The van der Waals surface area contributed by atoms with Gasteiger partial charge in [0.15, 0.2) is 5.96 Å². The average Bonchev–Trinajstić information content (AvgIpc) is 2.63. The van der Waals surface area contributed by atoms with E-state index in [0.29, 0.717) is 11.5 Å². The lowest BCUT2D eigenvalue weighted by Gasteiger charge is -2.27. The van der Waals surface area contributed by atoms with Gasteiger partial charge in [-0.3, -0.25) is 9.79 Å². The first-order chi connectivity index (χ1) is 12.1. The van der Waals surface area contributed by atoms with Gasteiger partial charge in [-0.25, -0.2) is 0 Å². The molecule has 138 valence electrons. The molecule has 25 heavy (non-hydrogen) atoms. The fourth-order valence-electron chi connectivity index (χ4n) is 2.67. The van der Waals surface area contributed by atoms with Crippen molar-refractivity contribution in [2.75, 3.05) is 26.7 Å². The monoisotopic (exact) mass is 354 g/mol. The summed E-state index contributed by atoms with van der Waals surface area (Å²) < 4.78 is 29.4. The van der Waals surface area contributed by atoms with Gasteiger partial charge in [0, 0.05) is 32.2 Å². The number of para-hydroxylation sites is 1. The molecule has 0 aliphatic carbocycles. The fraction of sp³-hybridized carbons (Fsp3) is 0.529. The molecular formula is C17H24F2N4O2. The van der Waals surface area contributed by atoms with Crippen LogP contribution in [-0.2, 0) is 11.3 Å². The highest BCUT2D eigenvalue weighted by Crippen LogP contribution is 2.19. The largest absolute Gasteiger partial charge is 0.434 e. The zero-order valence-corrected chi connectivity index (χ0v) is 14.3. The third-order valence-corrected chi connectivity index (χ3v) is 3.97. The molecule has 1 aliphatic rings. The molecule has 2 N–H and O–H groups in total. The highest BCUT2D eigenvalue weighted by Gasteiger charge is 2.16. The molecule has 1 heterocycles. The molecule has 0 saturated carbocycles. The number of piperidine rings is 1. The van der Waals surface area contributed by atoms with Crippen molar-refractivity contribution in [3.05, 3.63) is 29.8 Å². The number of likely N-dealkylation sites (tertiary alicyclic amines) is 1. The lowest BCUT2D eigenvalue weighted by Crippen LogP contribution is -2.45. The van der Waals surface area contributed by atoms with E-state index in [1.54, 1.807) is 25.2 Å². The SMILES string of the molecule is CN=C(NCC(=O)N1CCCCC1)NCc1ccccc1OC(F)F. The van der Waals surface area contributed by atoms with Crippen LogP contribution in [0.5, 0.6) is 5.75 Å². The molecule has 0 spiro atoms. The Hall–Kier alpha value is -2.38. The normalized spacial score (nSPS) is 15.2. The maximum absolute atomic E-state index is 12.4. The Labute approximate surface area is 146 Å². The van der Waals surface area contributed by atoms with Gasteiger partial charge in [0.05, 0.1) is 6.54 Å². The van der Waals surface area contributed by atoms with Gasteiger partial charge in [0.25, 0.3) is 0 Å². The molecule has 1 aromatic rings. The van der Waals surface area contributed by atoms with Crippen molar-refractivity contribution >= 4 is 11.9 Å². The number of rotatable bonds is 6. The summed E-state index contributed by atoms with van der Waals surface area (Å²) >= 11 is 0. The Morgan fingerprint density at radius 2 is 1.96 bits per heavy atom. The molecular weight excluding hydrogens is 330 g/mol. The molecule has 0 atom stereocenters. The highest BCUT2D eigenvalue weighted by atomic mass is 19.3. The van der Waals surface area contributed by atoms with E-state index in [4.69, 9.17) is 0 Å². The molecule has 0 aromatic heterocycles. The number of alkyl halides is 2. The van der Waals surface area contributed by atoms with Crippen LogP contribution >= 0.6 is 0 Å². The number of guanidine groups is 1. The minimum Gasteiger partial charge on any atom is -0.434 e. The van der Waals surface area contributed by atoms with Crippen molar-refractivity contribution in [2.45, 2.75) is 32.4 Å². The van der Waals surface area contributed by atoms with Crippen LogP contribution in [-0.4, -0.2) is 50.1 Å². The topological polar surface area (TPSA) is 66.0 Å².